The molecule has 136 valence electrons. The molecule has 0 saturated carbocycles. The molecule has 0 amide bonds. The summed E-state index contributed by atoms with van der Waals surface area (Å²) in [5.74, 6) is 0. The van der Waals surface area contributed by atoms with Gasteiger partial charge in [0.1, 0.15) is 16.8 Å². The van der Waals surface area contributed by atoms with E-state index < -0.39 is 0 Å². The van der Waals surface area contributed by atoms with Gasteiger partial charge in [-0.05, 0) is 24.3 Å². The number of aromatic nitrogens is 2. The maximum absolute atomic E-state index is 12.1. The molecule has 0 atom stereocenters. The van der Waals surface area contributed by atoms with Crippen LogP contribution in [0.5, 0.6) is 0 Å². The topological polar surface area (TPSA) is 94.0 Å². The number of ether oxygens (including phenoxy) is 1. The number of anilines is 3. The van der Waals surface area contributed by atoms with Crippen LogP contribution < -0.4 is 15.8 Å². The fourth-order valence-corrected chi connectivity index (χ4v) is 3.38. The fourth-order valence-electron chi connectivity index (χ4n) is 3.18. The Kier molecular flexibility index (Phi) is 4.67. The third kappa shape index (κ3) is 3.45. The highest BCUT2D eigenvalue weighted by atomic mass is 35.5. The van der Waals surface area contributed by atoms with Gasteiger partial charge < -0.3 is 19.9 Å². The van der Waals surface area contributed by atoms with E-state index in [4.69, 9.17) is 16.3 Å². The fraction of sp³-hybridized carbons (Fsp3) is 0.211. The zero-order valence-corrected chi connectivity index (χ0v) is 15.1. The third-order valence-electron chi connectivity index (χ3n) is 4.47. The number of pyridine rings is 2. The zero-order chi connectivity index (χ0) is 18.8. The predicted molar refractivity (Wildman–Crippen MR) is 105 cm³/mol. The first kappa shape index (κ1) is 17.3. The average Bonchev–Trinajstić information content (AvgIpc) is 2.68. The van der Waals surface area contributed by atoms with E-state index in [-0.39, 0.29) is 16.3 Å². The smallest absolute Gasteiger partial charge is 0.250 e. The molecule has 0 unspecified atom stereocenters. The number of halogens is 1. The number of nitrogens with zero attached hydrogens (tertiary/aromatic N) is 3. The molecule has 0 spiro atoms. The first-order chi connectivity index (χ1) is 13.2. The second kappa shape index (κ2) is 7.27. The molecule has 0 radical (unpaired) electrons. The molecule has 1 saturated heterocycles. The number of fused-ring (bicyclic) bond motifs is 1. The number of nitrogens with one attached hydrogen (secondary N) is 2. The van der Waals surface area contributed by atoms with Gasteiger partial charge in [-0.15, -0.1) is 0 Å². The van der Waals surface area contributed by atoms with Crippen molar-refractivity contribution in [1.82, 2.24) is 9.97 Å². The highest BCUT2D eigenvalue weighted by Crippen LogP contribution is 2.30. The van der Waals surface area contributed by atoms with E-state index >= 15 is 0 Å². The van der Waals surface area contributed by atoms with Crippen LogP contribution in [0.4, 0.5) is 17.1 Å². The molecule has 3 heterocycles. The van der Waals surface area contributed by atoms with Gasteiger partial charge in [0.2, 0.25) is 5.56 Å². The lowest BCUT2D eigenvalue weighted by molar-refractivity contribution is 0.123. The zero-order valence-electron chi connectivity index (χ0n) is 14.3. The summed E-state index contributed by atoms with van der Waals surface area (Å²) in [5.41, 5.74) is 3.13. The Morgan fingerprint density at radius 3 is 2.85 bits per heavy atom. The Hall–Kier alpha value is -3.08. The average molecular weight is 382 g/mol. The van der Waals surface area contributed by atoms with Crippen LogP contribution in [0.25, 0.3) is 10.9 Å². The van der Waals surface area contributed by atoms with Crippen LogP contribution in [0.2, 0.25) is 5.15 Å². The van der Waals surface area contributed by atoms with Crippen molar-refractivity contribution >= 4 is 39.6 Å². The van der Waals surface area contributed by atoms with E-state index in [2.05, 4.69) is 26.3 Å². The quantitative estimate of drug-likeness (QED) is 0.677. The molecule has 8 heteroatoms. The summed E-state index contributed by atoms with van der Waals surface area (Å²) < 4.78 is 5.41. The summed E-state index contributed by atoms with van der Waals surface area (Å²) in [6, 6.07) is 11.0. The van der Waals surface area contributed by atoms with Crippen molar-refractivity contribution in [2.24, 2.45) is 0 Å². The van der Waals surface area contributed by atoms with E-state index in [0.717, 1.165) is 35.4 Å². The molecule has 1 aliphatic heterocycles. The number of H-pyrrole nitrogens is 1. The summed E-state index contributed by atoms with van der Waals surface area (Å²) in [7, 11) is 0. The van der Waals surface area contributed by atoms with Gasteiger partial charge in [0.15, 0.2) is 0 Å². The molecular formula is C19H16ClN5O2. The summed E-state index contributed by atoms with van der Waals surface area (Å²) in [6.07, 6.45) is 1.54. The largest absolute Gasteiger partial charge is 0.378 e. The Labute approximate surface area is 160 Å². The SMILES string of the molecule is N#Cc1c(Nc2ccc3[nH]c(=O)cc(N4CCOCC4)c3c2)ccnc1Cl. The molecule has 27 heavy (non-hydrogen) atoms. The van der Waals surface area contributed by atoms with Crippen LogP contribution in [0.3, 0.4) is 0 Å². The van der Waals surface area contributed by atoms with Crippen LogP contribution >= 0.6 is 11.6 Å². The highest BCUT2D eigenvalue weighted by Gasteiger charge is 2.16. The molecule has 2 N–H and O–H groups in total. The van der Waals surface area contributed by atoms with Crippen molar-refractivity contribution < 1.29 is 4.74 Å². The molecule has 1 fully saturated rings. The summed E-state index contributed by atoms with van der Waals surface area (Å²) in [6.45, 7) is 2.73. The van der Waals surface area contributed by atoms with Crippen molar-refractivity contribution in [3.63, 3.8) is 0 Å². The number of hydrogen-bond donors (Lipinski definition) is 2. The second-order valence-electron chi connectivity index (χ2n) is 6.14. The van der Waals surface area contributed by atoms with Gasteiger partial charge in [0.05, 0.1) is 30.1 Å². The van der Waals surface area contributed by atoms with Crippen LogP contribution in [0, 0.1) is 11.3 Å². The van der Waals surface area contributed by atoms with E-state index in [1.54, 1.807) is 18.3 Å². The van der Waals surface area contributed by atoms with Crippen molar-refractivity contribution in [3.8, 4) is 6.07 Å². The molecule has 1 aromatic carbocycles. The molecule has 3 aromatic rings. The summed E-state index contributed by atoms with van der Waals surface area (Å²) >= 11 is 6.00. The standard InChI is InChI=1S/C19H16ClN5O2/c20-19-14(11-21)16(3-4-22-19)23-12-1-2-15-13(9-12)17(10-18(26)24-15)25-5-7-27-8-6-25/h1-4,9-10H,5-8H2,(H,22,23)(H,24,26). The maximum atomic E-state index is 12.1. The van der Waals surface area contributed by atoms with Crippen LogP contribution in [-0.4, -0.2) is 36.3 Å². The van der Waals surface area contributed by atoms with Gasteiger partial charge in [0, 0.05) is 36.4 Å². The van der Waals surface area contributed by atoms with Crippen LogP contribution in [-0.2, 0) is 4.74 Å². The van der Waals surface area contributed by atoms with Crippen molar-refractivity contribution in [2.45, 2.75) is 0 Å². The number of hydrogen-bond acceptors (Lipinski definition) is 6. The minimum atomic E-state index is -0.141. The lowest BCUT2D eigenvalue weighted by Gasteiger charge is -2.29. The monoisotopic (exact) mass is 381 g/mol. The Morgan fingerprint density at radius 1 is 1.26 bits per heavy atom. The number of benzene rings is 1. The van der Waals surface area contributed by atoms with E-state index in [1.165, 1.54) is 0 Å². The first-order valence-electron chi connectivity index (χ1n) is 8.47. The van der Waals surface area contributed by atoms with Gasteiger partial charge in [-0.25, -0.2) is 4.98 Å². The summed E-state index contributed by atoms with van der Waals surface area (Å²) in [5, 5.41) is 13.6. The predicted octanol–water partition coefficient (Wildman–Crippen LogP) is 3.03. The molecule has 1 aliphatic rings. The lowest BCUT2D eigenvalue weighted by atomic mass is 10.1. The molecular weight excluding hydrogens is 366 g/mol. The van der Waals surface area contributed by atoms with E-state index in [1.807, 2.05) is 18.2 Å². The van der Waals surface area contributed by atoms with Gasteiger partial charge in [0.25, 0.3) is 0 Å². The van der Waals surface area contributed by atoms with Gasteiger partial charge in [-0.1, -0.05) is 11.6 Å². The molecule has 4 rings (SSSR count). The van der Waals surface area contributed by atoms with Crippen molar-refractivity contribution in [2.75, 3.05) is 36.5 Å². The minimum Gasteiger partial charge on any atom is -0.378 e. The van der Waals surface area contributed by atoms with Crippen molar-refractivity contribution in [3.05, 3.63) is 57.6 Å². The Morgan fingerprint density at radius 2 is 2.07 bits per heavy atom. The van der Waals surface area contributed by atoms with E-state index in [0.29, 0.717) is 18.9 Å². The van der Waals surface area contributed by atoms with Gasteiger partial charge >= 0.3 is 0 Å². The number of nitriles is 1. The van der Waals surface area contributed by atoms with Crippen LogP contribution in [0.15, 0.2) is 41.3 Å². The van der Waals surface area contributed by atoms with E-state index in [9.17, 15) is 10.1 Å². The third-order valence-corrected chi connectivity index (χ3v) is 4.76. The number of morpholine rings is 1. The lowest BCUT2D eigenvalue weighted by Crippen LogP contribution is -2.36. The molecule has 7 nitrogen and oxygen atoms in total. The Bertz CT molecular complexity index is 1100. The normalized spacial score (nSPS) is 14.1. The minimum absolute atomic E-state index is 0.141. The maximum Gasteiger partial charge on any atom is 0.250 e. The number of aromatic amines is 1. The summed E-state index contributed by atoms with van der Waals surface area (Å²) in [4.78, 5) is 21.0. The van der Waals surface area contributed by atoms with Gasteiger partial charge in [-0.2, -0.15) is 5.26 Å². The molecule has 2 aromatic heterocycles. The van der Waals surface area contributed by atoms with Gasteiger partial charge in [-0.3, -0.25) is 4.79 Å². The number of rotatable bonds is 3. The second-order valence-corrected chi connectivity index (χ2v) is 6.50. The first-order valence-corrected chi connectivity index (χ1v) is 8.85. The Balaban J connectivity index is 1.78. The molecule has 0 aliphatic carbocycles. The molecule has 0 bridgehead atoms. The van der Waals surface area contributed by atoms with Crippen LogP contribution in [0.1, 0.15) is 5.56 Å². The van der Waals surface area contributed by atoms with Crippen molar-refractivity contribution in [1.29, 1.82) is 5.26 Å². The highest BCUT2D eigenvalue weighted by molar-refractivity contribution is 6.31.